The van der Waals surface area contributed by atoms with E-state index in [1.165, 1.54) is 0 Å². The van der Waals surface area contributed by atoms with Crippen LogP contribution in [-0.2, 0) is 14.2 Å². The van der Waals surface area contributed by atoms with E-state index in [9.17, 15) is 0 Å². The largest absolute Gasteiger partial charge is 0.382 e. The minimum Gasteiger partial charge on any atom is -0.382 e. The van der Waals surface area contributed by atoms with Crippen molar-refractivity contribution >= 4 is 7.85 Å². The van der Waals surface area contributed by atoms with E-state index in [-0.39, 0.29) is 24.3 Å². The van der Waals surface area contributed by atoms with Crippen molar-refractivity contribution in [2.45, 2.75) is 45.1 Å². The summed E-state index contributed by atoms with van der Waals surface area (Å²) in [7, 11) is 2.03. The summed E-state index contributed by atoms with van der Waals surface area (Å²) in [6, 6.07) is 0.156. The Kier molecular flexibility index (Phi) is 4.23. The standard InChI is InChI=1S/C9H19BO3/c1-4-11-8-7(13-6(2)3)5-12-9(8)10/h6-9H,4-5,10H2,1-3H3/t7?,8?,9-/m1/s1. The molecule has 2 unspecified atom stereocenters. The molecular formula is C9H19BO3. The summed E-state index contributed by atoms with van der Waals surface area (Å²) in [5, 5.41) is 0. The van der Waals surface area contributed by atoms with Gasteiger partial charge in [-0.2, -0.15) is 0 Å². The van der Waals surface area contributed by atoms with Crippen molar-refractivity contribution < 1.29 is 14.2 Å². The van der Waals surface area contributed by atoms with Crippen LogP contribution in [0.2, 0.25) is 0 Å². The number of ether oxygens (including phenoxy) is 3. The molecule has 1 aliphatic heterocycles. The van der Waals surface area contributed by atoms with Crippen molar-refractivity contribution in [1.82, 2.24) is 0 Å². The maximum absolute atomic E-state index is 5.70. The molecule has 1 saturated heterocycles. The van der Waals surface area contributed by atoms with Gasteiger partial charge in [0.15, 0.2) is 0 Å². The van der Waals surface area contributed by atoms with Crippen molar-refractivity contribution in [1.29, 1.82) is 0 Å². The highest BCUT2D eigenvalue weighted by Gasteiger charge is 2.36. The van der Waals surface area contributed by atoms with E-state index in [4.69, 9.17) is 14.2 Å². The van der Waals surface area contributed by atoms with Crippen molar-refractivity contribution in [3.63, 3.8) is 0 Å². The molecule has 0 aromatic carbocycles. The normalized spacial score (nSPS) is 34.3. The lowest BCUT2D eigenvalue weighted by molar-refractivity contribution is -0.0684. The second-order valence-corrected chi connectivity index (χ2v) is 3.68. The van der Waals surface area contributed by atoms with Crippen LogP contribution >= 0.6 is 0 Å². The van der Waals surface area contributed by atoms with Crippen LogP contribution in [0.5, 0.6) is 0 Å². The van der Waals surface area contributed by atoms with Gasteiger partial charge in [-0.25, -0.2) is 0 Å². The Morgan fingerprint density at radius 2 is 2.23 bits per heavy atom. The predicted octanol–water partition coefficient (Wildman–Crippen LogP) is 0.174. The van der Waals surface area contributed by atoms with Gasteiger partial charge in [0.2, 0.25) is 0 Å². The summed E-state index contributed by atoms with van der Waals surface area (Å²) < 4.78 is 16.8. The fourth-order valence-electron chi connectivity index (χ4n) is 1.64. The molecule has 0 aliphatic carbocycles. The summed E-state index contributed by atoms with van der Waals surface area (Å²) in [6.07, 6.45) is 0.448. The molecule has 3 nitrogen and oxygen atoms in total. The third-order valence-electron chi connectivity index (χ3n) is 2.16. The predicted molar refractivity (Wildman–Crippen MR) is 53.7 cm³/mol. The van der Waals surface area contributed by atoms with Gasteiger partial charge < -0.3 is 14.2 Å². The van der Waals surface area contributed by atoms with Crippen LogP contribution in [0, 0.1) is 0 Å². The summed E-state index contributed by atoms with van der Waals surface area (Å²) in [4.78, 5) is 0. The molecule has 1 fully saturated rings. The number of rotatable bonds is 4. The van der Waals surface area contributed by atoms with Crippen LogP contribution in [0.3, 0.4) is 0 Å². The summed E-state index contributed by atoms with van der Waals surface area (Å²) in [6.45, 7) is 7.44. The van der Waals surface area contributed by atoms with E-state index in [1.54, 1.807) is 0 Å². The lowest BCUT2D eigenvalue weighted by Crippen LogP contribution is -2.36. The Labute approximate surface area is 81.1 Å². The van der Waals surface area contributed by atoms with Crippen LogP contribution in [-0.4, -0.2) is 45.4 Å². The molecule has 13 heavy (non-hydrogen) atoms. The maximum atomic E-state index is 5.70. The SMILES string of the molecule is B[C@@H]1OCC(OC(C)C)C1OCC. The third-order valence-corrected chi connectivity index (χ3v) is 2.16. The van der Waals surface area contributed by atoms with Gasteiger partial charge in [0, 0.05) is 6.61 Å². The Morgan fingerprint density at radius 3 is 2.77 bits per heavy atom. The number of hydrogen-bond donors (Lipinski definition) is 0. The lowest BCUT2D eigenvalue weighted by Gasteiger charge is -2.22. The molecule has 3 atom stereocenters. The zero-order valence-electron chi connectivity index (χ0n) is 8.95. The first-order valence-corrected chi connectivity index (χ1v) is 5.03. The van der Waals surface area contributed by atoms with E-state index in [0.29, 0.717) is 6.61 Å². The van der Waals surface area contributed by atoms with Gasteiger partial charge in [0.25, 0.3) is 0 Å². The molecule has 0 saturated carbocycles. The average molecular weight is 186 g/mol. The van der Waals surface area contributed by atoms with Gasteiger partial charge in [-0.15, -0.1) is 0 Å². The molecule has 1 aliphatic rings. The van der Waals surface area contributed by atoms with E-state index in [0.717, 1.165) is 6.61 Å². The second kappa shape index (κ2) is 4.98. The molecule has 0 N–H and O–H groups in total. The van der Waals surface area contributed by atoms with Gasteiger partial charge in [-0.05, 0) is 20.8 Å². The molecular weight excluding hydrogens is 167 g/mol. The smallest absolute Gasteiger partial charge is 0.142 e. The highest BCUT2D eigenvalue weighted by atomic mass is 16.6. The van der Waals surface area contributed by atoms with Crippen molar-refractivity contribution in [3.05, 3.63) is 0 Å². The first kappa shape index (κ1) is 11.0. The van der Waals surface area contributed by atoms with Crippen molar-refractivity contribution in [2.75, 3.05) is 13.2 Å². The molecule has 0 aromatic rings. The molecule has 0 spiro atoms. The van der Waals surface area contributed by atoms with Gasteiger partial charge in [-0.1, -0.05) is 0 Å². The quantitative estimate of drug-likeness (QED) is 0.586. The third kappa shape index (κ3) is 2.97. The Bertz CT molecular complexity index is 152. The van der Waals surface area contributed by atoms with Gasteiger partial charge in [0.1, 0.15) is 20.1 Å². The minimum absolute atomic E-state index is 0.104. The molecule has 4 heteroatoms. The van der Waals surface area contributed by atoms with Gasteiger partial charge in [-0.3, -0.25) is 0 Å². The summed E-state index contributed by atoms with van der Waals surface area (Å²) in [5.74, 6) is 0. The zero-order chi connectivity index (χ0) is 9.84. The molecule has 0 aromatic heterocycles. The highest BCUT2D eigenvalue weighted by Crippen LogP contribution is 2.19. The Balaban J connectivity index is 2.43. The molecule has 1 heterocycles. The first-order chi connectivity index (χ1) is 6.15. The molecule has 0 amide bonds. The van der Waals surface area contributed by atoms with Crippen LogP contribution in [0.1, 0.15) is 20.8 Å². The average Bonchev–Trinajstić information content (AvgIpc) is 2.35. The molecule has 0 bridgehead atoms. The topological polar surface area (TPSA) is 27.7 Å². The molecule has 0 radical (unpaired) electrons. The van der Waals surface area contributed by atoms with E-state index in [1.807, 2.05) is 28.6 Å². The fourth-order valence-corrected chi connectivity index (χ4v) is 1.64. The molecule has 76 valence electrons. The van der Waals surface area contributed by atoms with E-state index < -0.39 is 0 Å². The minimum atomic E-state index is 0.104. The Morgan fingerprint density at radius 1 is 1.54 bits per heavy atom. The highest BCUT2D eigenvalue weighted by molar-refractivity contribution is 6.11. The fraction of sp³-hybridized carbons (Fsp3) is 1.00. The first-order valence-electron chi connectivity index (χ1n) is 5.03. The lowest BCUT2D eigenvalue weighted by atomic mass is 9.93. The van der Waals surface area contributed by atoms with Crippen LogP contribution in [0.25, 0.3) is 0 Å². The van der Waals surface area contributed by atoms with Crippen LogP contribution < -0.4 is 0 Å². The van der Waals surface area contributed by atoms with Gasteiger partial charge in [0.05, 0.1) is 18.7 Å². The summed E-state index contributed by atoms with van der Waals surface area (Å²) >= 11 is 0. The van der Waals surface area contributed by atoms with Crippen molar-refractivity contribution in [2.24, 2.45) is 0 Å². The monoisotopic (exact) mass is 186 g/mol. The van der Waals surface area contributed by atoms with Gasteiger partial charge >= 0.3 is 0 Å². The molecule has 1 rings (SSSR count). The second-order valence-electron chi connectivity index (χ2n) is 3.68. The van der Waals surface area contributed by atoms with E-state index >= 15 is 0 Å². The maximum Gasteiger partial charge on any atom is 0.142 e. The summed E-state index contributed by atoms with van der Waals surface area (Å²) in [5.41, 5.74) is 0. The number of hydrogen-bond acceptors (Lipinski definition) is 3. The van der Waals surface area contributed by atoms with Crippen LogP contribution in [0.15, 0.2) is 0 Å². The van der Waals surface area contributed by atoms with E-state index in [2.05, 4.69) is 0 Å². The van der Waals surface area contributed by atoms with Crippen molar-refractivity contribution in [3.8, 4) is 0 Å². The van der Waals surface area contributed by atoms with Crippen LogP contribution in [0.4, 0.5) is 0 Å². The zero-order valence-corrected chi connectivity index (χ0v) is 8.95. The Hall–Kier alpha value is -0.0551.